The smallest absolute Gasteiger partial charge is 0.170 e. The molecule has 4 rings (SSSR count). The van der Waals surface area contributed by atoms with Crippen LogP contribution in [0.3, 0.4) is 0 Å². The first-order valence-electron chi connectivity index (χ1n) is 11.2. The Hall–Kier alpha value is -2.29. The molecule has 158 valence electrons. The minimum atomic E-state index is -1.10. The van der Waals surface area contributed by atoms with Crippen LogP contribution in [0.15, 0.2) is 42.5 Å². The summed E-state index contributed by atoms with van der Waals surface area (Å²) in [7, 11) is 0. The van der Waals surface area contributed by atoms with Crippen molar-refractivity contribution in [2.24, 2.45) is 5.92 Å². The molecular formula is C27H29F3. The molecule has 0 unspecified atom stereocenters. The maximum Gasteiger partial charge on any atom is 0.170 e. The molecule has 1 fully saturated rings. The summed E-state index contributed by atoms with van der Waals surface area (Å²) >= 11 is 0. The molecule has 1 aliphatic carbocycles. The molecule has 0 nitrogen and oxygen atoms in total. The van der Waals surface area contributed by atoms with E-state index in [0.29, 0.717) is 28.9 Å². The molecule has 0 bridgehead atoms. The first kappa shape index (κ1) is 21.0. The minimum absolute atomic E-state index is 0.184. The number of fused-ring (bicyclic) bond motifs is 1. The zero-order valence-corrected chi connectivity index (χ0v) is 17.8. The van der Waals surface area contributed by atoms with Crippen molar-refractivity contribution in [1.82, 2.24) is 0 Å². The van der Waals surface area contributed by atoms with Crippen molar-refractivity contribution in [3.63, 3.8) is 0 Å². The highest BCUT2D eigenvalue weighted by Gasteiger charge is 2.22. The number of halogens is 3. The molecule has 0 aromatic heterocycles. The zero-order chi connectivity index (χ0) is 21.3. The Morgan fingerprint density at radius 1 is 0.800 bits per heavy atom. The molecule has 0 spiro atoms. The van der Waals surface area contributed by atoms with Crippen molar-refractivity contribution in [3.8, 4) is 11.1 Å². The highest BCUT2D eigenvalue weighted by atomic mass is 19.2. The predicted octanol–water partition coefficient (Wildman–Crippen LogP) is 8.56. The van der Waals surface area contributed by atoms with Crippen LogP contribution < -0.4 is 0 Å². The summed E-state index contributed by atoms with van der Waals surface area (Å²) in [4.78, 5) is 0. The van der Waals surface area contributed by atoms with E-state index >= 15 is 0 Å². The van der Waals surface area contributed by atoms with Crippen molar-refractivity contribution in [3.05, 3.63) is 71.0 Å². The van der Waals surface area contributed by atoms with Gasteiger partial charge in [0.1, 0.15) is 5.82 Å². The van der Waals surface area contributed by atoms with Gasteiger partial charge < -0.3 is 0 Å². The van der Waals surface area contributed by atoms with Gasteiger partial charge in [0.25, 0.3) is 0 Å². The van der Waals surface area contributed by atoms with Crippen LogP contribution in [0.4, 0.5) is 13.2 Å². The third-order valence-electron chi connectivity index (χ3n) is 6.84. The van der Waals surface area contributed by atoms with E-state index in [0.717, 1.165) is 12.3 Å². The monoisotopic (exact) mass is 410 g/mol. The summed E-state index contributed by atoms with van der Waals surface area (Å²) in [5.74, 6) is -1.33. The standard InChI is InChI=1S/C27H29F3/c1-3-5-21-14-15-22-16-23(26(29)27(30)24(22)25(21)28)20-12-10-19(11-13-20)18-8-6-17(4-2)7-9-18/h10-18H,3-9H2,1-2H3. The Kier molecular flexibility index (Phi) is 6.17. The average molecular weight is 411 g/mol. The Morgan fingerprint density at radius 2 is 1.50 bits per heavy atom. The van der Waals surface area contributed by atoms with Crippen molar-refractivity contribution in [2.75, 3.05) is 0 Å². The van der Waals surface area contributed by atoms with E-state index in [4.69, 9.17) is 0 Å². The highest BCUT2D eigenvalue weighted by molar-refractivity contribution is 5.89. The molecule has 0 N–H and O–H groups in total. The van der Waals surface area contributed by atoms with Gasteiger partial charge in [-0.2, -0.15) is 0 Å². The molecular weight excluding hydrogens is 381 g/mol. The van der Waals surface area contributed by atoms with Gasteiger partial charge in [0.15, 0.2) is 11.6 Å². The molecule has 0 radical (unpaired) electrons. The maximum absolute atomic E-state index is 14.9. The Labute approximate surface area is 177 Å². The molecule has 0 saturated heterocycles. The second-order valence-electron chi connectivity index (χ2n) is 8.69. The lowest BCUT2D eigenvalue weighted by Crippen LogP contribution is -2.12. The van der Waals surface area contributed by atoms with E-state index < -0.39 is 17.5 Å². The van der Waals surface area contributed by atoms with E-state index in [2.05, 4.69) is 6.92 Å². The van der Waals surface area contributed by atoms with E-state index in [1.807, 2.05) is 31.2 Å². The van der Waals surface area contributed by atoms with Gasteiger partial charge in [0.2, 0.25) is 0 Å². The van der Waals surface area contributed by atoms with Crippen molar-refractivity contribution >= 4 is 10.8 Å². The second kappa shape index (κ2) is 8.83. The van der Waals surface area contributed by atoms with Crippen molar-refractivity contribution < 1.29 is 13.2 Å². The molecule has 3 aromatic carbocycles. The van der Waals surface area contributed by atoms with Crippen LogP contribution in [0, 0.1) is 23.4 Å². The van der Waals surface area contributed by atoms with Gasteiger partial charge in [-0.25, -0.2) is 13.2 Å². The van der Waals surface area contributed by atoms with E-state index in [1.54, 1.807) is 18.2 Å². The van der Waals surface area contributed by atoms with E-state index in [1.165, 1.54) is 37.7 Å². The van der Waals surface area contributed by atoms with Crippen LogP contribution in [0.5, 0.6) is 0 Å². The maximum atomic E-state index is 14.9. The van der Waals surface area contributed by atoms with Gasteiger partial charge >= 0.3 is 0 Å². The van der Waals surface area contributed by atoms with E-state index in [-0.39, 0.29) is 10.9 Å². The van der Waals surface area contributed by atoms with Crippen LogP contribution in [0.25, 0.3) is 21.9 Å². The first-order valence-corrected chi connectivity index (χ1v) is 11.2. The molecule has 0 atom stereocenters. The third kappa shape index (κ3) is 3.87. The van der Waals surface area contributed by atoms with E-state index in [9.17, 15) is 13.2 Å². The minimum Gasteiger partial charge on any atom is -0.206 e. The lowest BCUT2D eigenvalue weighted by atomic mass is 9.77. The first-order chi connectivity index (χ1) is 14.5. The number of benzene rings is 3. The number of hydrogen-bond donors (Lipinski definition) is 0. The number of hydrogen-bond acceptors (Lipinski definition) is 0. The fraction of sp³-hybridized carbons (Fsp3) is 0.407. The van der Waals surface area contributed by atoms with Gasteiger partial charge in [0.05, 0.1) is 5.39 Å². The van der Waals surface area contributed by atoms with Crippen molar-refractivity contribution in [1.29, 1.82) is 0 Å². The van der Waals surface area contributed by atoms with Gasteiger partial charge in [-0.05, 0) is 72.1 Å². The molecule has 3 aromatic rings. The number of rotatable bonds is 5. The van der Waals surface area contributed by atoms with Gasteiger partial charge in [-0.1, -0.05) is 63.1 Å². The van der Waals surface area contributed by atoms with Crippen LogP contribution in [0.1, 0.15) is 69.4 Å². The summed E-state index contributed by atoms with van der Waals surface area (Å²) in [6, 6.07) is 12.7. The molecule has 0 heterocycles. The summed E-state index contributed by atoms with van der Waals surface area (Å²) in [5, 5.41) is 0.148. The lowest BCUT2D eigenvalue weighted by Gasteiger charge is -2.28. The van der Waals surface area contributed by atoms with Crippen LogP contribution >= 0.6 is 0 Å². The quantitative estimate of drug-likeness (QED) is 0.395. The Bertz CT molecular complexity index is 1030. The lowest BCUT2D eigenvalue weighted by molar-refractivity contribution is 0.319. The summed E-state index contributed by atoms with van der Waals surface area (Å²) in [6.45, 7) is 4.19. The SMILES string of the molecule is CCCc1ccc2cc(-c3ccc(C4CCC(CC)CC4)cc3)c(F)c(F)c2c1F. The predicted molar refractivity (Wildman–Crippen MR) is 118 cm³/mol. The van der Waals surface area contributed by atoms with Crippen LogP contribution in [-0.4, -0.2) is 0 Å². The van der Waals surface area contributed by atoms with Gasteiger partial charge in [0, 0.05) is 5.56 Å². The molecule has 0 amide bonds. The van der Waals surface area contributed by atoms with Gasteiger partial charge in [-0.15, -0.1) is 0 Å². The largest absolute Gasteiger partial charge is 0.206 e. The van der Waals surface area contributed by atoms with Crippen LogP contribution in [-0.2, 0) is 6.42 Å². The Balaban J connectivity index is 1.66. The summed E-state index contributed by atoms with van der Waals surface area (Å²) in [6.07, 6.45) is 7.41. The summed E-state index contributed by atoms with van der Waals surface area (Å²) in [5.41, 5.74) is 2.50. The second-order valence-corrected chi connectivity index (χ2v) is 8.69. The van der Waals surface area contributed by atoms with Gasteiger partial charge in [-0.3, -0.25) is 0 Å². The molecule has 30 heavy (non-hydrogen) atoms. The topological polar surface area (TPSA) is 0 Å². The Morgan fingerprint density at radius 3 is 2.13 bits per heavy atom. The fourth-order valence-corrected chi connectivity index (χ4v) is 4.94. The summed E-state index contributed by atoms with van der Waals surface area (Å²) < 4.78 is 44.5. The molecule has 1 saturated carbocycles. The molecule has 3 heteroatoms. The number of aryl methyl sites for hydroxylation is 1. The third-order valence-corrected chi connectivity index (χ3v) is 6.84. The fourth-order valence-electron chi connectivity index (χ4n) is 4.94. The normalized spacial score (nSPS) is 19.4. The molecule has 0 aliphatic heterocycles. The average Bonchev–Trinajstić information content (AvgIpc) is 2.78. The molecule has 1 aliphatic rings. The highest BCUT2D eigenvalue weighted by Crippen LogP contribution is 2.38. The zero-order valence-electron chi connectivity index (χ0n) is 17.8. The van der Waals surface area contributed by atoms with Crippen molar-refractivity contribution in [2.45, 2.75) is 64.7 Å². The van der Waals surface area contributed by atoms with Crippen LogP contribution in [0.2, 0.25) is 0 Å².